The van der Waals surface area contributed by atoms with Gasteiger partial charge < -0.3 is 30.3 Å². The van der Waals surface area contributed by atoms with Gasteiger partial charge in [0.2, 0.25) is 11.8 Å². The lowest BCUT2D eigenvalue weighted by molar-refractivity contribution is -0.140. The second-order valence-electron chi connectivity index (χ2n) is 17.0. The van der Waals surface area contributed by atoms with Crippen LogP contribution >= 0.6 is 0 Å². The number of benzene rings is 4. The monoisotopic (exact) mass is 796 g/mol. The minimum absolute atomic E-state index is 0.0657. The van der Waals surface area contributed by atoms with E-state index >= 15 is 9.59 Å². The molecule has 12 heteroatoms. The van der Waals surface area contributed by atoms with Crippen LogP contribution in [0.4, 0.5) is 11.4 Å². The Labute approximate surface area is 342 Å². The van der Waals surface area contributed by atoms with E-state index in [1.807, 2.05) is 54.6 Å². The Balaban J connectivity index is 1.13. The molecule has 4 aromatic carbocycles. The van der Waals surface area contributed by atoms with Gasteiger partial charge in [0.05, 0.1) is 26.6 Å². The third kappa shape index (κ3) is 5.14. The van der Waals surface area contributed by atoms with E-state index in [2.05, 4.69) is 20.4 Å². The van der Waals surface area contributed by atoms with Crippen molar-refractivity contribution in [1.29, 1.82) is 0 Å². The third-order valence-electron chi connectivity index (χ3n) is 14.5. The van der Waals surface area contributed by atoms with Gasteiger partial charge in [0.25, 0.3) is 0 Å². The number of Topliss-reactive ketones (excluding diaryl/α,β-unsaturated/α-hetero) is 2. The zero-order valence-electron chi connectivity index (χ0n) is 33.1. The van der Waals surface area contributed by atoms with E-state index in [1.54, 1.807) is 24.3 Å². The van der Waals surface area contributed by atoms with Crippen LogP contribution in [0.5, 0.6) is 23.0 Å². The number of hydrogen-bond acceptors (Lipinski definition) is 10. The first-order valence-corrected chi connectivity index (χ1v) is 20.8. The third-order valence-corrected chi connectivity index (χ3v) is 14.5. The van der Waals surface area contributed by atoms with Crippen molar-refractivity contribution in [1.82, 2.24) is 9.80 Å². The van der Waals surface area contributed by atoms with Gasteiger partial charge in [0, 0.05) is 52.3 Å². The molecular formula is C47H48N4O8. The largest absolute Gasteiger partial charge is 0.504 e. The van der Waals surface area contributed by atoms with Gasteiger partial charge >= 0.3 is 0 Å². The van der Waals surface area contributed by atoms with E-state index in [4.69, 9.17) is 9.47 Å². The standard InChI is InChI=1S/C47H48N4O8/c1-58-38-20-18-26(23-35(38)53)40-32-15-7-9-21-50(32)47(29-12-4-6-14-31(29)49-45(47)57)43(40)37(55)25-36(54)41-33-16-8-10-22-51(33)46(28-11-3-5-13-30(28)48-44(46)56)42(41)27-17-19-34(52)39(24-27)59-2/h3-6,11-14,17-20,23-24,32-33,40-43,52-53H,7-10,15-16,21-22,25H2,1-2H3,(H,48,56)(H,49,57). The molecule has 0 saturated carbocycles. The molecule has 4 aromatic rings. The van der Waals surface area contributed by atoms with Gasteiger partial charge in [-0.3, -0.25) is 29.0 Å². The molecule has 6 aliphatic heterocycles. The molecule has 2 spiro atoms. The molecule has 8 unspecified atom stereocenters. The maximum absolute atomic E-state index is 15.7. The van der Waals surface area contributed by atoms with Gasteiger partial charge in [-0.15, -0.1) is 0 Å². The highest BCUT2D eigenvalue weighted by Gasteiger charge is 2.71. The number of anilines is 2. The highest BCUT2D eigenvalue weighted by atomic mass is 16.5. The van der Waals surface area contributed by atoms with Crippen LogP contribution in [0.1, 0.15) is 79.0 Å². The first-order valence-electron chi connectivity index (χ1n) is 20.8. The molecule has 0 bridgehead atoms. The predicted octanol–water partition coefficient (Wildman–Crippen LogP) is 6.17. The molecule has 304 valence electrons. The summed E-state index contributed by atoms with van der Waals surface area (Å²) in [5, 5.41) is 28.1. The number of phenolic OH excluding ortho intramolecular Hbond substituents is 2. The van der Waals surface area contributed by atoms with Crippen LogP contribution in [0.15, 0.2) is 84.9 Å². The fourth-order valence-corrected chi connectivity index (χ4v) is 12.5. The Morgan fingerprint density at radius 1 is 0.678 bits per heavy atom. The van der Waals surface area contributed by atoms with Crippen molar-refractivity contribution in [3.8, 4) is 23.0 Å². The second kappa shape index (κ2) is 13.9. The summed E-state index contributed by atoms with van der Waals surface area (Å²) in [5.74, 6) is -3.82. The fraction of sp³-hybridized carbons (Fsp3) is 0.404. The molecule has 0 aliphatic carbocycles. The zero-order chi connectivity index (χ0) is 40.8. The van der Waals surface area contributed by atoms with Crippen molar-refractivity contribution in [2.75, 3.05) is 37.9 Å². The maximum Gasteiger partial charge on any atom is 0.250 e. The Bertz CT molecular complexity index is 2420. The molecule has 0 radical (unpaired) electrons. The Hall–Kier alpha value is -5.72. The number of nitrogens with zero attached hydrogens (tertiary/aromatic N) is 2. The fourth-order valence-electron chi connectivity index (χ4n) is 12.5. The lowest BCUT2D eigenvalue weighted by Gasteiger charge is -2.41. The van der Waals surface area contributed by atoms with E-state index < -0.39 is 41.2 Å². The summed E-state index contributed by atoms with van der Waals surface area (Å²) in [6.45, 7) is 1.17. The molecule has 6 heterocycles. The topological polar surface area (TPSA) is 158 Å². The van der Waals surface area contributed by atoms with E-state index in [1.165, 1.54) is 20.3 Å². The van der Waals surface area contributed by atoms with E-state index in [0.717, 1.165) is 43.2 Å². The SMILES string of the molecule is COc1ccc(C2C3CCCCN3C3(C(=O)Nc4ccccc43)C2C(=O)CC(=O)C2C3CCCCN3C3(C(=O)Nc4ccccc43)C2c2ccc(O)c(OC)c2)cc1O. The number of carbonyl (C=O) groups is 4. The molecule has 4 fully saturated rings. The van der Waals surface area contributed by atoms with Crippen LogP contribution in [0.25, 0.3) is 0 Å². The highest BCUT2D eigenvalue weighted by molar-refractivity contribution is 6.13. The van der Waals surface area contributed by atoms with E-state index in [0.29, 0.717) is 47.8 Å². The normalized spacial score (nSPS) is 30.7. The highest BCUT2D eigenvalue weighted by Crippen LogP contribution is 2.63. The molecule has 12 nitrogen and oxygen atoms in total. The van der Waals surface area contributed by atoms with Gasteiger partial charge in [-0.2, -0.15) is 0 Å². The van der Waals surface area contributed by atoms with Crippen LogP contribution in [0, 0.1) is 11.8 Å². The molecule has 8 atom stereocenters. The Morgan fingerprint density at radius 3 is 1.93 bits per heavy atom. The molecule has 4 N–H and O–H groups in total. The van der Waals surface area contributed by atoms with Crippen molar-refractivity contribution >= 4 is 34.8 Å². The van der Waals surface area contributed by atoms with E-state index in [-0.39, 0.29) is 52.7 Å². The summed E-state index contributed by atoms with van der Waals surface area (Å²) in [6.07, 6.45) is 4.37. The number of carbonyl (C=O) groups excluding carboxylic acids is 4. The minimum atomic E-state index is -1.39. The smallest absolute Gasteiger partial charge is 0.250 e. The summed E-state index contributed by atoms with van der Waals surface area (Å²) >= 11 is 0. The molecule has 59 heavy (non-hydrogen) atoms. The van der Waals surface area contributed by atoms with Crippen LogP contribution in [-0.4, -0.2) is 82.8 Å². The van der Waals surface area contributed by atoms with Crippen molar-refractivity contribution in [2.24, 2.45) is 11.8 Å². The number of methoxy groups -OCH3 is 2. The number of para-hydroxylation sites is 2. The summed E-state index contributed by atoms with van der Waals surface area (Å²) in [7, 11) is 2.95. The number of ketones is 2. The average molecular weight is 797 g/mol. The summed E-state index contributed by atoms with van der Waals surface area (Å²) in [4.78, 5) is 65.3. The number of rotatable bonds is 8. The van der Waals surface area contributed by atoms with Crippen molar-refractivity contribution < 1.29 is 38.9 Å². The van der Waals surface area contributed by atoms with E-state index in [9.17, 15) is 19.8 Å². The predicted molar refractivity (Wildman–Crippen MR) is 219 cm³/mol. The zero-order valence-corrected chi connectivity index (χ0v) is 33.1. The van der Waals surface area contributed by atoms with Gasteiger partial charge in [-0.25, -0.2) is 0 Å². The summed E-state index contributed by atoms with van der Waals surface area (Å²) in [5.41, 5.74) is 1.52. The molecular weight excluding hydrogens is 749 g/mol. The van der Waals surface area contributed by atoms with Crippen molar-refractivity contribution in [2.45, 2.75) is 79.9 Å². The van der Waals surface area contributed by atoms with Gasteiger partial charge in [-0.05, 0) is 86.3 Å². The van der Waals surface area contributed by atoms with Crippen LogP contribution in [0.3, 0.4) is 0 Å². The van der Waals surface area contributed by atoms with Gasteiger partial charge in [0.1, 0.15) is 22.6 Å². The first-order chi connectivity index (χ1) is 28.7. The summed E-state index contributed by atoms with van der Waals surface area (Å²) < 4.78 is 11.0. The van der Waals surface area contributed by atoms with Crippen LogP contribution < -0.4 is 20.1 Å². The van der Waals surface area contributed by atoms with Gasteiger partial charge in [-0.1, -0.05) is 61.4 Å². The number of hydrogen-bond donors (Lipinski definition) is 4. The average Bonchev–Trinajstić information content (AvgIpc) is 3.94. The molecule has 2 amide bonds. The number of ether oxygens (including phenoxy) is 2. The second-order valence-corrected chi connectivity index (χ2v) is 17.0. The number of phenols is 2. The van der Waals surface area contributed by atoms with Crippen LogP contribution in [0.2, 0.25) is 0 Å². The Morgan fingerprint density at radius 2 is 1.27 bits per heavy atom. The number of nitrogens with one attached hydrogen (secondary N) is 2. The first kappa shape index (κ1) is 37.5. The number of amides is 2. The number of piperidine rings is 2. The summed E-state index contributed by atoms with van der Waals surface area (Å²) in [6, 6.07) is 24.7. The Kier molecular flexibility index (Phi) is 8.88. The maximum atomic E-state index is 15.7. The lowest BCUT2D eigenvalue weighted by Crippen LogP contribution is -2.55. The van der Waals surface area contributed by atoms with Crippen molar-refractivity contribution in [3.05, 3.63) is 107 Å². The van der Waals surface area contributed by atoms with Gasteiger partial charge in [0.15, 0.2) is 23.0 Å². The minimum Gasteiger partial charge on any atom is -0.504 e. The molecule has 4 saturated heterocycles. The quantitative estimate of drug-likeness (QED) is 0.152. The number of aromatic hydroxyl groups is 2. The van der Waals surface area contributed by atoms with Crippen LogP contribution in [-0.2, 0) is 30.3 Å². The van der Waals surface area contributed by atoms with Crippen molar-refractivity contribution in [3.63, 3.8) is 0 Å². The molecule has 0 aromatic heterocycles. The molecule has 10 rings (SSSR count). The lowest BCUT2D eigenvalue weighted by atomic mass is 9.67. The number of fused-ring (bicyclic) bond motifs is 8. The molecule has 6 aliphatic rings.